The Morgan fingerprint density at radius 1 is 1.12 bits per heavy atom. The molecule has 25 heavy (non-hydrogen) atoms. The average Bonchev–Trinajstić information content (AvgIpc) is 2.91. The molecule has 7 nitrogen and oxygen atoms in total. The molecule has 0 atom stereocenters. The van der Waals surface area contributed by atoms with E-state index in [0.717, 1.165) is 11.3 Å². The predicted octanol–water partition coefficient (Wildman–Crippen LogP) is 1.66. The lowest BCUT2D eigenvalue weighted by atomic mass is 10.1. The van der Waals surface area contributed by atoms with Gasteiger partial charge in [-0.3, -0.25) is 19.3 Å². The van der Waals surface area contributed by atoms with E-state index in [4.69, 9.17) is 4.74 Å². The van der Waals surface area contributed by atoms with Gasteiger partial charge in [-0.25, -0.2) is 4.79 Å². The Morgan fingerprint density at radius 3 is 2.28 bits per heavy atom. The van der Waals surface area contributed by atoms with Crippen molar-refractivity contribution >= 4 is 29.4 Å². The van der Waals surface area contributed by atoms with E-state index in [1.165, 1.54) is 24.3 Å². The summed E-state index contributed by atoms with van der Waals surface area (Å²) in [5, 5.41) is 2.68. The number of benzene rings is 1. The molecule has 7 heteroatoms. The number of nitrogens with one attached hydrogen (secondary N) is 1. The summed E-state index contributed by atoms with van der Waals surface area (Å²) in [6, 6.07) is 5.96. The Bertz CT molecular complexity index is 651. The van der Waals surface area contributed by atoms with E-state index in [9.17, 15) is 19.2 Å². The summed E-state index contributed by atoms with van der Waals surface area (Å²) in [4.78, 5) is 48.0. The number of carbonyl (C=O) groups excluding carboxylic acids is 4. The number of nitrogens with zero attached hydrogens (tertiary/aromatic N) is 1. The Labute approximate surface area is 146 Å². The van der Waals surface area contributed by atoms with Crippen molar-refractivity contribution in [3.8, 4) is 0 Å². The molecule has 1 aromatic carbocycles. The van der Waals surface area contributed by atoms with Crippen molar-refractivity contribution < 1.29 is 23.9 Å². The fourth-order valence-corrected chi connectivity index (χ4v) is 2.38. The van der Waals surface area contributed by atoms with Gasteiger partial charge in [-0.15, -0.1) is 0 Å². The van der Waals surface area contributed by atoms with E-state index in [0.29, 0.717) is 18.2 Å². The van der Waals surface area contributed by atoms with Crippen LogP contribution in [-0.2, 0) is 19.1 Å². The molecule has 0 saturated carbocycles. The first-order valence-electron chi connectivity index (χ1n) is 8.28. The van der Waals surface area contributed by atoms with Gasteiger partial charge in [0.25, 0.3) is 5.91 Å². The van der Waals surface area contributed by atoms with Crippen molar-refractivity contribution in [1.29, 1.82) is 0 Å². The van der Waals surface area contributed by atoms with Crippen molar-refractivity contribution in [3.63, 3.8) is 0 Å². The molecule has 1 N–H and O–H groups in total. The lowest BCUT2D eigenvalue weighted by molar-refractivity contribution is -0.124. The molecule has 1 aliphatic rings. The fraction of sp³-hybridized carbons (Fsp3) is 0.444. The zero-order chi connectivity index (χ0) is 18.4. The van der Waals surface area contributed by atoms with E-state index in [1.807, 2.05) is 0 Å². The summed E-state index contributed by atoms with van der Waals surface area (Å²) in [6.45, 7) is 4.31. The van der Waals surface area contributed by atoms with Crippen LogP contribution in [0.2, 0.25) is 0 Å². The van der Waals surface area contributed by atoms with Crippen molar-refractivity contribution in [2.75, 3.05) is 18.1 Å². The zero-order valence-electron chi connectivity index (χ0n) is 14.4. The predicted molar refractivity (Wildman–Crippen MR) is 90.9 cm³/mol. The maximum absolute atomic E-state index is 11.9. The minimum Gasteiger partial charge on any atom is -0.452 e. The molecule has 1 aromatic rings. The van der Waals surface area contributed by atoms with Gasteiger partial charge in [0.05, 0.1) is 11.3 Å². The van der Waals surface area contributed by atoms with Crippen LogP contribution in [0.1, 0.15) is 43.5 Å². The van der Waals surface area contributed by atoms with Crippen LogP contribution in [0.5, 0.6) is 0 Å². The van der Waals surface area contributed by atoms with Crippen molar-refractivity contribution in [2.24, 2.45) is 5.92 Å². The third-order valence-corrected chi connectivity index (χ3v) is 3.79. The third-order valence-electron chi connectivity index (χ3n) is 3.79. The molecule has 0 bridgehead atoms. The standard InChI is InChI=1S/C18H22N2O5/c1-12(2)9-10-19-15(21)11-25-18(24)13-3-5-14(6-4-13)20-16(22)7-8-17(20)23/h3-6,12H,7-11H2,1-2H3,(H,19,21). The molecule has 0 spiro atoms. The molecule has 134 valence electrons. The van der Waals surface area contributed by atoms with Crippen LogP contribution in [-0.4, -0.2) is 36.8 Å². The van der Waals surface area contributed by atoms with Gasteiger partial charge in [0.2, 0.25) is 11.8 Å². The van der Waals surface area contributed by atoms with Gasteiger partial charge in [-0.05, 0) is 36.6 Å². The first kappa shape index (κ1) is 18.6. The highest BCUT2D eigenvalue weighted by Crippen LogP contribution is 2.22. The summed E-state index contributed by atoms with van der Waals surface area (Å²) >= 11 is 0. The van der Waals surface area contributed by atoms with Crippen LogP contribution >= 0.6 is 0 Å². The molecule has 3 amide bonds. The minimum absolute atomic E-state index is 0.203. The molecule has 2 rings (SSSR count). The Hall–Kier alpha value is -2.70. The van der Waals surface area contributed by atoms with Crippen LogP contribution in [0.4, 0.5) is 5.69 Å². The number of hydrogen-bond donors (Lipinski definition) is 1. The van der Waals surface area contributed by atoms with Crippen LogP contribution in [0, 0.1) is 5.92 Å². The Kier molecular flexibility index (Phi) is 6.27. The van der Waals surface area contributed by atoms with Crippen molar-refractivity contribution in [2.45, 2.75) is 33.1 Å². The fourth-order valence-electron chi connectivity index (χ4n) is 2.38. The number of amides is 3. The van der Waals surface area contributed by atoms with Gasteiger partial charge in [0.15, 0.2) is 6.61 Å². The number of hydrogen-bond acceptors (Lipinski definition) is 5. The Balaban J connectivity index is 1.85. The summed E-state index contributed by atoms with van der Waals surface area (Å²) in [5.74, 6) is -1.00. The van der Waals surface area contributed by atoms with Gasteiger partial charge in [0.1, 0.15) is 0 Å². The second-order valence-corrected chi connectivity index (χ2v) is 6.28. The molecule has 1 aliphatic heterocycles. The summed E-state index contributed by atoms with van der Waals surface area (Å²) < 4.78 is 4.96. The average molecular weight is 346 g/mol. The van der Waals surface area contributed by atoms with Crippen molar-refractivity contribution in [3.05, 3.63) is 29.8 Å². The molecule has 1 saturated heterocycles. The molecule has 0 aromatic heterocycles. The maximum atomic E-state index is 11.9. The lowest BCUT2D eigenvalue weighted by Crippen LogP contribution is -2.30. The number of carbonyl (C=O) groups is 4. The number of anilines is 1. The highest BCUT2D eigenvalue weighted by atomic mass is 16.5. The molecule has 0 radical (unpaired) electrons. The SMILES string of the molecule is CC(C)CCNC(=O)COC(=O)c1ccc(N2C(=O)CCC2=O)cc1. The van der Waals surface area contributed by atoms with Crippen LogP contribution in [0.3, 0.4) is 0 Å². The molecule has 0 aliphatic carbocycles. The van der Waals surface area contributed by atoms with Gasteiger partial charge >= 0.3 is 5.97 Å². The third kappa shape index (κ3) is 5.14. The second kappa shape index (κ2) is 8.41. The Morgan fingerprint density at radius 2 is 1.72 bits per heavy atom. The monoisotopic (exact) mass is 346 g/mol. The summed E-state index contributed by atoms with van der Waals surface area (Å²) in [7, 11) is 0. The minimum atomic E-state index is -0.635. The molecule has 0 unspecified atom stereocenters. The van der Waals surface area contributed by atoms with E-state index < -0.39 is 5.97 Å². The molecular formula is C18H22N2O5. The number of ether oxygens (including phenoxy) is 1. The number of esters is 1. The normalized spacial score (nSPS) is 14.1. The second-order valence-electron chi connectivity index (χ2n) is 6.28. The van der Waals surface area contributed by atoms with Crippen molar-refractivity contribution in [1.82, 2.24) is 5.32 Å². The highest BCUT2D eigenvalue weighted by molar-refractivity contribution is 6.19. The molecule has 1 heterocycles. The quantitative estimate of drug-likeness (QED) is 0.599. The van der Waals surface area contributed by atoms with Crippen LogP contribution in [0.15, 0.2) is 24.3 Å². The highest BCUT2D eigenvalue weighted by Gasteiger charge is 2.30. The summed E-state index contributed by atoms with van der Waals surface area (Å²) in [6.07, 6.45) is 1.26. The number of rotatable bonds is 7. The van der Waals surface area contributed by atoms with E-state index in [1.54, 1.807) is 0 Å². The molecule has 1 fully saturated rings. The van der Waals surface area contributed by atoms with E-state index in [-0.39, 0.29) is 42.7 Å². The van der Waals surface area contributed by atoms with Gasteiger partial charge in [-0.2, -0.15) is 0 Å². The van der Waals surface area contributed by atoms with E-state index >= 15 is 0 Å². The van der Waals surface area contributed by atoms with Crippen LogP contribution in [0.25, 0.3) is 0 Å². The van der Waals surface area contributed by atoms with Gasteiger partial charge < -0.3 is 10.1 Å². The smallest absolute Gasteiger partial charge is 0.338 e. The van der Waals surface area contributed by atoms with E-state index in [2.05, 4.69) is 19.2 Å². The first-order valence-corrected chi connectivity index (χ1v) is 8.28. The maximum Gasteiger partial charge on any atom is 0.338 e. The topological polar surface area (TPSA) is 92.8 Å². The first-order chi connectivity index (χ1) is 11.9. The number of imide groups is 1. The van der Waals surface area contributed by atoms with Crippen LogP contribution < -0.4 is 10.2 Å². The largest absolute Gasteiger partial charge is 0.452 e. The molecular weight excluding hydrogens is 324 g/mol. The zero-order valence-corrected chi connectivity index (χ0v) is 14.4. The lowest BCUT2D eigenvalue weighted by Gasteiger charge is -2.14. The van der Waals surface area contributed by atoms with Gasteiger partial charge in [0, 0.05) is 19.4 Å². The summed E-state index contributed by atoms with van der Waals surface area (Å²) in [5.41, 5.74) is 0.674. The van der Waals surface area contributed by atoms with Gasteiger partial charge in [-0.1, -0.05) is 13.8 Å².